The van der Waals surface area contributed by atoms with Gasteiger partial charge in [0, 0.05) is 24.6 Å². The lowest BCUT2D eigenvalue weighted by Crippen LogP contribution is -2.43. The molecule has 0 aromatic heterocycles. The zero-order valence-electron chi connectivity index (χ0n) is 14.4. The first-order valence-electron chi connectivity index (χ1n) is 8.26. The number of carbonyl (C=O) groups excluding carboxylic acids is 2. The number of rotatable bonds is 7. The first-order chi connectivity index (χ1) is 12.0. The first-order valence-corrected chi connectivity index (χ1v) is 8.26. The monoisotopic (exact) mass is 353 g/mol. The van der Waals surface area contributed by atoms with Crippen LogP contribution in [0.25, 0.3) is 0 Å². The molecular formula is C17H24FN3O4. The Hall–Kier alpha value is -2.03. The molecule has 2 rings (SSSR count). The van der Waals surface area contributed by atoms with Crippen LogP contribution in [0, 0.1) is 5.82 Å². The summed E-state index contributed by atoms with van der Waals surface area (Å²) in [6.45, 7) is 2.51. The number of carbonyl (C=O) groups is 2. The molecule has 0 radical (unpaired) electrons. The van der Waals surface area contributed by atoms with Gasteiger partial charge in [0.25, 0.3) is 5.91 Å². The molecule has 0 saturated carbocycles. The molecule has 0 spiro atoms. The van der Waals surface area contributed by atoms with Gasteiger partial charge in [0.05, 0.1) is 13.2 Å². The summed E-state index contributed by atoms with van der Waals surface area (Å²) in [7, 11) is 1.22. The van der Waals surface area contributed by atoms with E-state index in [9.17, 15) is 14.0 Å². The van der Waals surface area contributed by atoms with E-state index in [1.807, 2.05) is 6.92 Å². The van der Waals surface area contributed by atoms with Crippen LogP contribution in [0.3, 0.4) is 0 Å². The molecule has 0 bridgehead atoms. The molecule has 7 nitrogen and oxygen atoms in total. The SMILES string of the molecule is CCCC1ONCC1c1cc(F)cc(C(=O)NC[C@@H](N)C(=O)OC)c1. The van der Waals surface area contributed by atoms with Gasteiger partial charge < -0.3 is 15.8 Å². The van der Waals surface area contributed by atoms with E-state index in [0.717, 1.165) is 18.9 Å². The number of amides is 1. The molecule has 1 heterocycles. The third-order valence-corrected chi connectivity index (χ3v) is 4.16. The number of halogens is 1. The van der Waals surface area contributed by atoms with E-state index in [0.29, 0.717) is 12.1 Å². The summed E-state index contributed by atoms with van der Waals surface area (Å²) in [6, 6.07) is 3.25. The van der Waals surface area contributed by atoms with Crippen molar-refractivity contribution in [2.24, 2.45) is 5.73 Å². The normalized spacial score (nSPS) is 21.0. The molecule has 1 fully saturated rings. The van der Waals surface area contributed by atoms with Crippen LogP contribution in [0.4, 0.5) is 4.39 Å². The minimum Gasteiger partial charge on any atom is -0.468 e. The van der Waals surface area contributed by atoms with E-state index in [1.165, 1.54) is 13.2 Å². The lowest BCUT2D eigenvalue weighted by atomic mass is 9.90. The van der Waals surface area contributed by atoms with E-state index in [4.69, 9.17) is 10.6 Å². The Morgan fingerprint density at radius 1 is 1.48 bits per heavy atom. The molecule has 1 saturated heterocycles. The largest absolute Gasteiger partial charge is 0.468 e. The number of benzene rings is 1. The van der Waals surface area contributed by atoms with E-state index >= 15 is 0 Å². The molecule has 1 aromatic carbocycles. The minimum absolute atomic E-state index is 0.0282. The summed E-state index contributed by atoms with van der Waals surface area (Å²) in [5.74, 6) is -1.66. The summed E-state index contributed by atoms with van der Waals surface area (Å²) in [6.07, 6.45) is 1.72. The zero-order chi connectivity index (χ0) is 18.4. The van der Waals surface area contributed by atoms with Crippen molar-refractivity contribution in [2.45, 2.75) is 37.8 Å². The Morgan fingerprint density at radius 3 is 2.92 bits per heavy atom. The number of esters is 1. The van der Waals surface area contributed by atoms with Crippen LogP contribution in [0.15, 0.2) is 18.2 Å². The van der Waals surface area contributed by atoms with Crippen LogP contribution in [0.5, 0.6) is 0 Å². The maximum atomic E-state index is 14.0. The third kappa shape index (κ3) is 4.97. The van der Waals surface area contributed by atoms with Gasteiger partial charge in [0.2, 0.25) is 0 Å². The molecule has 8 heteroatoms. The van der Waals surface area contributed by atoms with Gasteiger partial charge in [-0.3, -0.25) is 14.4 Å². The lowest BCUT2D eigenvalue weighted by molar-refractivity contribution is -0.141. The quantitative estimate of drug-likeness (QED) is 0.628. The highest BCUT2D eigenvalue weighted by atomic mass is 19.1. The second-order valence-corrected chi connectivity index (χ2v) is 6.01. The summed E-state index contributed by atoms with van der Waals surface area (Å²) >= 11 is 0. The Morgan fingerprint density at radius 2 is 2.24 bits per heavy atom. The highest BCUT2D eigenvalue weighted by Gasteiger charge is 2.30. The Kier molecular flexibility index (Phi) is 6.86. The van der Waals surface area contributed by atoms with Crippen molar-refractivity contribution in [3.05, 3.63) is 35.1 Å². The van der Waals surface area contributed by atoms with Crippen LogP contribution >= 0.6 is 0 Å². The van der Waals surface area contributed by atoms with E-state index in [-0.39, 0.29) is 24.1 Å². The molecule has 0 aliphatic carbocycles. The second-order valence-electron chi connectivity index (χ2n) is 6.01. The van der Waals surface area contributed by atoms with Gasteiger partial charge in [-0.1, -0.05) is 13.3 Å². The van der Waals surface area contributed by atoms with Crippen LogP contribution in [0.2, 0.25) is 0 Å². The van der Waals surface area contributed by atoms with Gasteiger partial charge in [-0.15, -0.1) is 0 Å². The zero-order valence-corrected chi connectivity index (χ0v) is 14.4. The molecule has 2 unspecified atom stereocenters. The standard InChI is InChI=1S/C17H24FN3O4/c1-3-4-15-13(8-21-25-15)10-5-11(7-12(18)6-10)16(22)20-9-14(19)17(23)24-2/h5-7,13-15,21H,3-4,8-9,19H2,1-2H3,(H,20,22)/t13?,14-,15?/m1/s1. The van der Waals surface area contributed by atoms with E-state index in [2.05, 4.69) is 15.5 Å². The number of methoxy groups -OCH3 is 1. The molecule has 3 atom stereocenters. The summed E-state index contributed by atoms with van der Waals surface area (Å²) in [5.41, 5.74) is 9.29. The van der Waals surface area contributed by atoms with Crippen LogP contribution in [0.1, 0.15) is 41.6 Å². The first kappa shape index (κ1) is 19.3. The maximum absolute atomic E-state index is 14.0. The number of hydrogen-bond donors (Lipinski definition) is 3. The Bertz CT molecular complexity index is 626. The molecular weight excluding hydrogens is 329 g/mol. The molecule has 1 aliphatic heterocycles. The van der Waals surface area contributed by atoms with E-state index < -0.39 is 23.7 Å². The predicted octanol–water partition coefficient (Wildman–Crippen LogP) is 0.843. The predicted molar refractivity (Wildman–Crippen MR) is 89.2 cm³/mol. The van der Waals surface area contributed by atoms with Gasteiger partial charge >= 0.3 is 5.97 Å². The molecule has 1 amide bonds. The second kappa shape index (κ2) is 8.89. The van der Waals surface area contributed by atoms with Crippen LogP contribution in [-0.4, -0.2) is 44.2 Å². The molecule has 4 N–H and O–H groups in total. The number of nitrogens with two attached hydrogens (primary N) is 1. The maximum Gasteiger partial charge on any atom is 0.324 e. The number of ether oxygens (including phenoxy) is 1. The van der Waals surface area contributed by atoms with Gasteiger partial charge in [-0.25, -0.2) is 9.87 Å². The summed E-state index contributed by atoms with van der Waals surface area (Å²) in [5, 5.41) is 2.52. The fourth-order valence-corrected chi connectivity index (χ4v) is 2.83. The third-order valence-electron chi connectivity index (χ3n) is 4.16. The van der Waals surface area contributed by atoms with Crippen molar-refractivity contribution in [1.29, 1.82) is 0 Å². The minimum atomic E-state index is -0.969. The highest BCUT2D eigenvalue weighted by molar-refractivity contribution is 5.94. The molecule has 1 aliphatic rings. The lowest BCUT2D eigenvalue weighted by Gasteiger charge is -2.18. The van der Waals surface area contributed by atoms with Crippen molar-refractivity contribution >= 4 is 11.9 Å². The van der Waals surface area contributed by atoms with Crippen molar-refractivity contribution in [1.82, 2.24) is 10.8 Å². The fraction of sp³-hybridized carbons (Fsp3) is 0.529. The average molecular weight is 353 g/mol. The smallest absolute Gasteiger partial charge is 0.324 e. The topological polar surface area (TPSA) is 103 Å². The van der Waals surface area contributed by atoms with Gasteiger partial charge in [-0.2, -0.15) is 0 Å². The van der Waals surface area contributed by atoms with Gasteiger partial charge in [-0.05, 0) is 30.2 Å². The highest BCUT2D eigenvalue weighted by Crippen LogP contribution is 2.29. The van der Waals surface area contributed by atoms with Crippen molar-refractivity contribution < 1.29 is 23.6 Å². The van der Waals surface area contributed by atoms with Crippen molar-refractivity contribution in [3.8, 4) is 0 Å². The Balaban J connectivity index is 2.10. The average Bonchev–Trinajstić information content (AvgIpc) is 3.06. The van der Waals surface area contributed by atoms with Gasteiger partial charge in [0.1, 0.15) is 11.9 Å². The van der Waals surface area contributed by atoms with Crippen LogP contribution < -0.4 is 16.5 Å². The summed E-state index contributed by atoms with van der Waals surface area (Å²) < 4.78 is 18.5. The molecule has 138 valence electrons. The number of hydrogen-bond acceptors (Lipinski definition) is 6. The Labute approximate surface area is 146 Å². The fourth-order valence-electron chi connectivity index (χ4n) is 2.83. The van der Waals surface area contributed by atoms with Crippen molar-refractivity contribution in [3.63, 3.8) is 0 Å². The van der Waals surface area contributed by atoms with Crippen LogP contribution in [-0.2, 0) is 14.4 Å². The van der Waals surface area contributed by atoms with E-state index in [1.54, 1.807) is 6.07 Å². The molecule has 1 aromatic rings. The number of nitrogens with one attached hydrogen (secondary N) is 2. The molecule has 25 heavy (non-hydrogen) atoms. The van der Waals surface area contributed by atoms with Crippen molar-refractivity contribution in [2.75, 3.05) is 20.2 Å². The number of hydroxylamine groups is 1. The van der Waals surface area contributed by atoms with Gasteiger partial charge in [0.15, 0.2) is 0 Å². The summed E-state index contributed by atoms with van der Waals surface area (Å²) in [4.78, 5) is 29.0.